The Kier molecular flexibility index (Phi) is 6.47. The van der Waals surface area contributed by atoms with E-state index in [-0.39, 0.29) is 11.9 Å². The molecule has 1 aliphatic rings. The van der Waals surface area contributed by atoms with Crippen LogP contribution in [-0.2, 0) is 4.79 Å². The Morgan fingerprint density at radius 3 is 2.44 bits per heavy atom. The van der Waals surface area contributed by atoms with Gasteiger partial charge in [-0.2, -0.15) is 0 Å². The summed E-state index contributed by atoms with van der Waals surface area (Å²) >= 11 is 12.2. The van der Waals surface area contributed by atoms with Gasteiger partial charge in [-0.15, -0.1) is 0 Å². The van der Waals surface area contributed by atoms with Crippen LogP contribution in [0, 0.1) is 0 Å². The van der Waals surface area contributed by atoms with E-state index in [1.807, 2.05) is 19.1 Å². The molecule has 1 aliphatic heterocycles. The largest absolute Gasteiger partial charge is 0.497 e. The van der Waals surface area contributed by atoms with Gasteiger partial charge >= 0.3 is 0 Å². The van der Waals surface area contributed by atoms with Crippen LogP contribution in [0.4, 0.5) is 11.4 Å². The molecule has 5 nitrogen and oxygen atoms in total. The molecule has 144 valence electrons. The molecule has 7 heteroatoms. The van der Waals surface area contributed by atoms with Gasteiger partial charge in [0.15, 0.2) is 6.04 Å². The highest BCUT2D eigenvalue weighted by Crippen LogP contribution is 2.29. The van der Waals surface area contributed by atoms with E-state index in [2.05, 4.69) is 22.3 Å². The number of halogens is 2. The van der Waals surface area contributed by atoms with Crippen LogP contribution in [0.15, 0.2) is 42.5 Å². The molecular weight excluding hydrogens is 385 g/mol. The number of nitrogens with zero attached hydrogens (tertiary/aromatic N) is 1. The quantitative estimate of drug-likeness (QED) is 0.799. The van der Waals surface area contributed by atoms with Crippen molar-refractivity contribution in [3.8, 4) is 5.75 Å². The van der Waals surface area contributed by atoms with Crippen LogP contribution in [0.2, 0.25) is 10.0 Å². The monoisotopic (exact) mass is 408 g/mol. The summed E-state index contributed by atoms with van der Waals surface area (Å²) in [6.45, 7) is 5.54. The lowest BCUT2D eigenvalue weighted by molar-refractivity contribution is -0.914. The fourth-order valence-electron chi connectivity index (χ4n) is 3.30. The molecule has 0 radical (unpaired) electrons. The van der Waals surface area contributed by atoms with Crippen LogP contribution < -0.4 is 19.9 Å². The van der Waals surface area contributed by atoms with Crippen LogP contribution in [0.25, 0.3) is 0 Å². The Labute approximate surface area is 169 Å². The summed E-state index contributed by atoms with van der Waals surface area (Å²) in [5.41, 5.74) is 1.73. The third-order valence-corrected chi connectivity index (χ3v) is 5.88. The van der Waals surface area contributed by atoms with Crippen molar-refractivity contribution in [2.45, 2.75) is 13.0 Å². The number of nitrogens with one attached hydrogen (secondary N) is 2. The first-order valence-corrected chi connectivity index (χ1v) is 9.73. The molecule has 27 heavy (non-hydrogen) atoms. The average Bonchev–Trinajstić information content (AvgIpc) is 2.71. The van der Waals surface area contributed by atoms with Crippen molar-refractivity contribution in [1.29, 1.82) is 0 Å². The molecule has 3 rings (SSSR count). The number of anilines is 2. The van der Waals surface area contributed by atoms with Gasteiger partial charge in [0.2, 0.25) is 0 Å². The minimum absolute atomic E-state index is 0.0490. The molecule has 0 aliphatic carbocycles. The van der Waals surface area contributed by atoms with E-state index in [0.29, 0.717) is 15.7 Å². The maximum atomic E-state index is 12.6. The smallest absolute Gasteiger partial charge is 0.282 e. The van der Waals surface area contributed by atoms with Crippen molar-refractivity contribution >= 4 is 40.5 Å². The topological polar surface area (TPSA) is 46.0 Å². The molecule has 2 aromatic rings. The zero-order chi connectivity index (χ0) is 19.4. The fourth-order valence-corrected chi connectivity index (χ4v) is 3.65. The zero-order valence-corrected chi connectivity index (χ0v) is 17.0. The SMILES string of the molecule is COc1ccc(N2CC[NH+]([C@H](C)C(=O)Nc3cccc(Cl)c3Cl)CC2)cc1. The maximum Gasteiger partial charge on any atom is 0.282 e. The minimum atomic E-state index is -0.168. The van der Waals surface area contributed by atoms with Crippen LogP contribution in [0.5, 0.6) is 5.75 Å². The van der Waals surface area contributed by atoms with Crippen LogP contribution in [-0.4, -0.2) is 45.2 Å². The van der Waals surface area contributed by atoms with Crippen molar-refractivity contribution in [2.75, 3.05) is 43.5 Å². The number of methoxy groups -OCH3 is 1. The number of rotatable bonds is 5. The normalized spacial score (nSPS) is 16.1. The molecule has 1 amide bonds. The molecule has 1 heterocycles. The first kappa shape index (κ1) is 19.8. The molecule has 1 fully saturated rings. The van der Waals surface area contributed by atoms with E-state index in [1.54, 1.807) is 25.3 Å². The third kappa shape index (κ3) is 4.67. The number of quaternary nitrogens is 1. The van der Waals surface area contributed by atoms with Gasteiger partial charge in [-0.25, -0.2) is 0 Å². The van der Waals surface area contributed by atoms with Gasteiger partial charge in [-0.1, -0.05) is 29.3 Å². The number of carbonyl (C=O) groups excluding carboxylic acids is 1. The van der Waals surface area contributed by atoms with Gasteiger partial charge in [-0.05, 0) is 43.3 Å². The highest BCUT2D eigenvalue weighted by molar-refractivity contribution is 6.44. The standard InChI is InChI=1S/C20H23Cl2N3O2/c1-14(20(26)23-18-5-3-4-17(21)19(18)22)24-10-12-25(13-11-24)15-6-8-16(27-2)9-7-15/h3-9,14H,10-13H2,1-2H3,(H,23,26)/p+1/t14-/m1/s1. The minimum Gasteiger partial charge on any atom is -0.497 e. The molecule has 1 saturated heterocycles. The molecule has 2 aromatic carbocycles. The van der Waals surface area contributed by atoms with E-state index < -0.39 is 0 Å². The van der Waals surface area contributed by atoms with E-state index in [1.165, 1.54) is 10.6 Å². The number of hydrogen-bond donors (Lipinski definition) is 2. The van der Waals surface area contributed by atoms with E-state index in [9.17, 15) is 4.79 Å². The number of ether oxygens (including phenoxy) is 1. The third-order valence-electron chi connectivity index (χ3n) is 5.06. The van der Waals surface area contributed by atoms with Gasteiger partial charge in [0.1, 0.15) is 5.75 Å². The summed E-state index contributed by atoms with van der Waals surface area (Å²) < 4.78 is 5.21. The lowest BCUT2D eigenvalue weighted by Crippen LogP contribution is -3.19. The van der Waals surface area contributed by atoms with Crippen molar-refractivity contribution in [3.63, 3.8) is 0 Å². The van der Waals surface area contributed by atoms with E-state index in [0.717, 1.165) is 31.9 Å². The number of piperazine rings is 1. The molecule has 0 aromatic heterocycles. The summed E-state index contributed by atoms with van der Waals surface area (Å²) in [7, 11) is 1.67. The Morgan fingerprint density at radius 2 is 1.81 bits per heavy atom. The summed E-state index contributed by atoms with van der Waals surface area (Å²) in [5, 5.41) is 3.71. The maximum absolute atomic E-state index is 12.6. The first-order chi connectivity index (χ1) is 13.0. The summed E-state index contributed by atoms with van der Waals surface area (Å²) in [6, 6.07) is 13.1. The van der Waals surface area contributed by atoms with E-state index in [4.69, 9.17) is 27.9 Å². The molecule has 2 N–H and O–H groups in total. The second-order valence-corrected chi connectivity index (χ2v) is 7.44. The van der Waals surface area contributed by atoms with Gasteiger partial charge < -0.3 is 19.9 Å². The Hall–Kier alpha value is -1.95. The highest BCUT2D eigenvalue weighted by atomic mass is 35.5. The average molecular weight is 409 g/mol. The van der Waals surface area contributed by atoms with Crippen molar-refractivity contribution < 1.29 is 14.4 Å². The number of carbonyl (C=O) groups is 1. The molecule has 0 saturated carbocycles. The molecule has 0 bridgehead atoms. The number of amides is 1. The number of hydrogen-bond acceptors (Lipinski definition) is 3. The van der Waals surface area contributed by atoms with Gasteiger partial charge in [0.25, 0.3) is 5.91 Å². The second kappa shape index (κ2) is 8.83. The molecule has 1 atom stereocenters. The summed E-state index contributed by atoms with van der Waals surface area (Å²) in [4.78, 5) is 16.2. The Balaban J connectivity index is 1.56. The zero-order valence-electron chi connectivity index (χ0n) is 15.5. The van der Waals surface area contributed by atoms with Crippen LogP contribution in [0.3, 0.4) is 0 Å². The lowest BCUT2D eigenvalue weighted by Gasteiger charge is -2.36. The second-order valence-electron chi connectivity index (χ2n) is 6.66. The first-order valence-electron chi connectivity index (χ1n) is 8.98. The van der Waals surface area contributed by atoms with Gasteiger partial charge in [0, 0.05) is 5.69 Å². The van der Waals surface area contributed by atoms with Crippen molar-refractivity contribution in [3.05, 3.63) is 52.5 Å². The molecule has 0 unspecified atom stereocenters. The van der Waals surface area contributed by atoms with Gasteiger partial charge in [0.05, 0.1) is 49.0 Å². The van der Waals surface area contributed by atoms with Crippen LogP contribution in [0.1, 0.15) is 6.92 Å². The fraction of sp³-hybridized carbons (Fsp3) is 0.350. The Morgan fingerprint density at radius 1 is 1.15 bits per heavy atom. The van der Waals surface area contributed by atoms with Crippen LogP contribution >= 0.6 is 23.2 Å². The van der Waals surface area contributed by atoms with Crippen molar-refractivity contribution in [1.82, 2.24) is 0 Å². The molecular formula is C20H24Cl2N3O2+. The molecule has 0 spiro atoms. The van der Waals surface area contributed by atoms with Crippen molar-refractivity contribution in [2.24, 2.45) is 0 Å². The summed E-state index contributed by atoms with van der Waals surface area (Å²) in [6.07, 6.45) is 0. The predicted molar refractivity (Wildman–Crippen MR) is 110 cm³/mol. The number of benzene rings is 2. The van der Waals surface area contributed by atoms with E-state index >= 15 is 0 Å². The van der Waals surface area contributed by atoms with Gasteiger partial charge in [-0.3, -0.25) is 4.79 Å². The Bertz CT molecular complexity index is 790. The predicted octanol–water partition coefficient (Wildman–Crippen LogP) is 2.73. The summed E-state index contributed by atoms with van der Waals surface area (Å²) in [5.74, 6) is 0.806. The lowest BCUT2D eigenvalue weighted by atomic mass is 10.2. The highest BCUT2D eigenvalue weighted by Gasteiger charge is 2.29.